The standard InChI is InChI=1S/C17H18F4N2OS/c18-14-7-12(9-22)16(25(24)10-11-1-2-11)8-15(14)23-5-3-13(4-6-23)17(19,20)21/h7-8,11,13H,1-6,10H2. The van der Waals surface area contributed by atoms with E-state index in [1.807, 2.05) is 6.07 Å². The van der Waals surface area contributed by atoms with Crippen molar-refractivity contribution in [2.24, 2.45) is 11.8 Å². The van der Waals surface area contributed by atoms with Crippen LogP contribution >= 0.6 is 0 Å². The summed E-state index contributed by atoms with van der Waals surface area (Å²) in [6.45, 7) is 0.170. The van der Waals surface area contributed by atoms with E-state index in [0.717, 1.165) is 18.9 Å². The van der Waals surface area contributed by atoms with Crippen molar-refractivity contribution in [1.82, 2.24) is 0 Å². The van der Waals surface area contributed by atoms with E-state index >= 15 is 0 Å². The molecule has 2 aliphatic rings. The predicted octanol–water partition coefficient (Wildman–Crippen LogP) is 3.99. The SMILES string of the molecule is N#Cc1cc(F)c(N2CCC(C(F)(F)F)CC2)cc1S(=O)CC1CC1. The third-order valence-corrected chi connectivity index (χ3v) is 6.40. The molecule has 0 spiro atoms. The lowest BCUT2D eigenvalue weighted by molar-refractivity contribution is -0.179. The number of benzene rings is 1. The Morgan fingerprint density at radius 2 is 1.84 bits per heavy atom. The molecule has 0 amide bonds. The van der Waals surface area contributed by atoms with E-state index in [0.29, 0.717) is 11.7 Å². The second-order valence-electron chi connectivity index (χ2n) is 6.67. The first kappa shape index (κ1) is 18.2. The fourth-order valence-corrected chi connectivity index (χ4v) is 4.63. The van der Waals surface area contributed by atoms with E-state index in [1.54, 1.807) is 4.90 Å². The summed E-state index contributed by atoms with van der Waals surface area (Å²) in [6, 6.07) is 4.30. The summed E-state index contributed by atoms with van der Waals surface area (Å²) < 4.78 is 65.2. The smallest absolute Gasteiger partial charge is 0.369 e. The molecule has 1 saturated carbocycles. The third-order valence-electron chi connectivity index (χ3n) is 4.80. The van der Waals surface area contributed by atoms with Gasteiger partial charge in [0.05, 0.1) is 32.9 Å². The van der Waals surface area contributed by atoms with E-state index < -0.39 is 28.7 Å². The van der Waals surface area contributed by atoms with Gasteiger partial charge in [-0.3, -0.25) is 4.21 Å². The largest absolute Gasteiger partial charge is 0.391 e. The molecule has 1 aliphatic carbocycles. The molecule has 3 nitrogen and oxygen atoms in total. The van der Waals surface area contributed by atoms with E-state index in [-0.39, 0.29) is 42.1 Å². The number of alkyl halides is 3. The fourth-order valence-electron chi connectivity index (χ4n) is 3.10. The first-order chi connectivity index (χ1) is 11.8. The minimum atomic E-state index is -4.23. The van der Waals surface area contributed by atoms with Crippen LogP contribution in [0.2, 0.25) is 0 Å². The number of halogens is 4. The van der Waals surface area contributed by atoms with Gasteiger partial charge in [0, 0.05) is 18.8 Å². The van der Waals surface area contributed by atoms with Crippen molar-refractivity contribution in [3.05, 3.63) is 23.5 Å². The van der Waals surface area contributed by atoms with Crippen LogP contribution in [0.25, 0.3) is 0 Å². The van der Waals surface area contributed by atoms with Gasteiger partial charge in [0.1, 0.15) is 11.9 Å². The van der Waals surface area contributed by atoms with Gasteiger partial charge in [-0.2, -0.15) is 18.4 Å². The Labute approximate surface area is 146 Å². The van der Waals surface area contributed by atoms with Gasteiger partial charge in [-0.15, -0.1) is 0 Å². The zero-order valence-corrected chi connectivity index (χ0v) is 14.3. The lowest BCUT2D eigenvalue weighted by Crippen LogP contribution is -2.39. The second kappa shape index (κ2) is 6.94. The first-order valence-electron chi connectivity index (χ1n) is 8.23. The minimum Gasteiger partial charge on any atom is -0.369 e. The van der Waals surface area contributed by atoms with Crippen LogP contribution in [-0.2, 0) is 10.8 Å². The van der Waals surface area contributed by atoms with Crippen molar-refractivity contribution < 1.29 is 21.8 Å². The van der Waals surface area contributed by atoms with Crippen LogP contribution in [0.5, 0.6) is 0 Å². The predicted molar refractivity (Wildman–Crippen MR) is 86.1 cm³/mol. The normalized spacial score (nSPS) is 20.4. The molecular formula is C17H18F4N2OS. The molecule has 0 N–H and O–H groups in total. The Balaban J connectivity index is 1.82. The van der Waals surface area contributed by atoms with Crippen molar-refractivity contribution in [2.75, 3.05) is 23.7 Å². The molecule has 25 heavy (non-hydrogen) atoms. The summed E-state index contributed by atoms with van der Waals surface area (Å²) in [6.07, 6.45) is -2.40. The van der Waals surface area contributed by atoms with Crippen LogP contribution in [0.1, 0.15) is 31.2 Å². The van der Waals surface area contributed by atoms with E-state index in [4.69, 9.17) is 0 Å². The Bertz CT molecular complexity index is 717. The second-order valence-corrected chi connectivity index (χ2v) is 8.13. The highest BCUT2D eigenvalue weighted by Crippen LogP contribution is 2.37. The maximum Gasteiger partial charge on any atom is 0.391 e. The van der Waals surface area contributed by atoms with Crippen LogP contribution in [0.4, 0.5) is 23.2 Å². The topological polar surface area (TPSA) is 44.1 Å². The number of nitriles is 1. The molecule has 1 saturated heterocycles. The van der Waals surface area contributed by atoms with Crippen molar-refractivity contribution in [3.8, 4) is 6.07 Å². The summed E-state index contributed by atoms with van der Waals surface area (Å²) in [7, 11) is -1.40. The van der Waals surface area contributed by atoms with Crippen LogP contribution in [0, 0.1) is 29.0 Å². The molecule has 1 aromatic carbocycles. The van der Waals surface area contributed by atoms with Gasteiger partial charge in [0.15, 0.2) is 0 Å². The monoisotopic (exact) mass is 374 g/mol. The van der Waals surface area contributed by atoms with Crippen molar-refractivity contribution in [2.45, 2.75) is 36.8 Å². The van der Waals surface area contributed by atoms with Crippen LogP contribution in [0.15, 0.2) is 17.0 Å². The average molecular weight is 374 g/mol. The minimum absolute atomic E-state index is 0.0328. The lowest BCUT2D eigenvalue weighted by atomic mass is 9.96. The molecule has 1 aromatic rings. The molecule has 8 heteroatoms. The number of hydrogen-bond donors (Lipinski definition) is 0. The molecule has 1 aliphatic heterocycles. The van der Waals surface area contributed by atoms with Gasteiger partial charge in [-0.05, 0) is 43.7 Å². The molecule has 0 bridgehead atoms. The van der Waals surface area contributed by atoms with Crippen molar-refractivity contribution in [3.63, 3.8) is 0 Å². The van der Waals surface area contributed by atoms with Crippen LogP contribution in [0.3, 0.4) is 0 Å². The molecule has 136 valence electrons. The first-order valence-corrected chi connectivity index (χ1v) is 9.55. The molecule has 1 atom stereocenters. The molecule has 2 fully saturated rings. The van der Waals surface area contributed by atoms with E-state index in [2.05, 4.69) is 0 Å². The Morgan fingerprint density at radius 3 is 2.36 bits per heavy atom. The fraction of sp³-hybridized carbons (Fsp3) is 0.588. The zero-order chi connectivity index (χ0) is 18.2. The molecule has 0 aromatic heterocycles. The summed E-state index contributed by atoms with van der Waals surface area (Å²) in [5.74, 6) is -1.21. The van der Waals surface area contributed by atoms with Gasteiger partial charge in [-0.25, -0.2) is 4.39 Å². The van der Waals surface area contributed by atoms with Gasteiger partial charge in [0.25, 0.3) is 0 Å². The Kier molecular flexibility index (Phi) is 5.05. The van der Waals surface area contributed by atoms with Gasteiger partial charge in [0.2, 0.25) is 0 Å². The maximum atomic E-state index is 14.4. The molecule has 0 radical (unpaired) electrons. The van der Waals surface area contributed by atoms with Crippen LogP contribution < -0.4 is 4.90 Å². The third kappa shape index (κ3) is 4.14. The highest BCUT2D eigenvalue weighted by Gasteiger charge is 2.41. The van der Waals surface area contributed by atoms with Gasteiger partial charge >= 0.3 is 6.18 Å². The van der Waals surface area contributed by atoms with Crippen molar-refractivity contribution in [1.29, 1.82) is 5.26 Å². The Morgan fingerprint density at radius 1 is 1.20 bits per heavy atom. The zero-order valence-electron chi connectivity index (χ0n) is 13.5. The average Bonchev–Trinajstić information content (AvgIpc) is 3.37. The molecule has 1 heterocycles. The number of rotatable bonds is 4. The number of anilines is 1. The molecular weight excluding hydrogens is 356 g/mol. The van der Waals surface area contributed by atoms with Crippen molar-refractivity contribution >= 4 is 16.5 Å². The number of nitrogens with zero attached hydrogens (tertiary/aromatic N) is 2. The van der Waals surface area contributed by atoms with Gasteiger partial charge in [-0.1, -0.05) is 0 Å². The summed E-state index contributed by atoms with van der Waals surface area (Å²) >= 11 is 0. The Hall–Kier alpha value is -1.62. The number of piperidine rings is 1. The lowest BCUT2D eigenvalue weighted by Gasteiger charge is -2.34. The van der Waals surface area contributed by atoms with E-state index in [9.17, 15) is 27.0 Å². The van der Waals surface area contributed by atoms with E-state index in [1.165, 1.54) is 6.07 Å². The molecule has 3 rings (SSSR count). The summed E-state index contributed by atoms with van der Waals surface area (Å²) in [4.78, 5) is 1.83. The number of hydrogen-bond acceptors (Lipinski definition) is 3. The maximum absolute atomic E-state index is 14.4. The summed E-state index contributed by atoms with van der Waals surface area (Å²) in [5, 5.41) is 9.18. The van der Waals surface area contributed by atoms with Gasteiger partial charge < -0.3 is 4.90 Å². The van der Waals surface area contributed by atoms with Crippen LogP contribution in [-0.4, -0.2) is 29.2 Å². The summed E-state index contributed by atoms with van der Waals surface area (Å²) in [5.41, 5.74) is 0.171. The highest BCUT2D eigenvalue weighted by molar-refractivity contribution is 7.85. The quantitative estimate of drug-likeness (QED) is 0.749. The molecule has 1 unspecified atom stereocenters. The highest BCUT2D eigenvalue weighted by atomic mass is 32.2.